The first-order valence-corrected chi connectivity index (χ1v) is 6.37. The second kappa shape index (κ2) is 5.79. The van der Waals surface area contributed by atoms with Crippen LogP contribution in [0.25, 0.3) is 11.4 Å². The lowest BCUT2D eigenvalue weighted by Crippen LogP contribution is -2.18. The molecule has 1 aromatic carbocycles. The van der Waals surface area contributed by atoms with E-state index in [1.807, 2.05) is 13.8 Å². The van der Waals surface area contributed by atoms with Crippen LogP contribution in [-0.2, 0) is 0 Å². The highest BCUT2D eigenvalue weighted by Gasteiger charge is 2.21. The van der Waals surface area contributed by atoms with Gasteiger partial charge in [-0.2, -0.15) is 4.98 Å². The first kappa shape index (κ1) is 14.1. The minimum absolute atomic E-state index is 0.0138. The van der Waals surface area contributed by atoms with E-state index in [0.29, 0.717) is 17.3 Å². The molecule has 0 spiro atoms. The van der Waals surface area contributed by atoms with Gasteiger partial charge in [0.2, 0.25) is 11.7 Å². The van der Waals surface area contributed by atoms with Crippen LogP contribution in [0.2, 0.25) is 0 Å². The molecule has 0 fully saturated rings. The number of hydrogen-bond donors (Lipinski definition) is 1. The Morgan fingerprint density at radius 1 is 1.50 bits per heavy atom. The second-order valence-electron chi connectivity index (χ2n) is 4.67. The topological polar surface area (TPSA) is 108 Å². The van der Waals surface area contributed by atoms with Crippen LogP contribution in [0.1, 0.15) is 32.2 Å². The van der Waals surface area contributed by atoms with Crippen molar-refractivity contribution in [3.05, 3.63) is 40.3 Å². The highest BCUT2D eigenvalue weighted by atomic mass is 16.6. The van der Waals surface area contributed by atoms with Gasteiger partial charge in [0.15, 0.2) is 0 Å². The molecule has 0 saturated carbocycles. The fourth-order valence-electron chi connectivity index (χ4n) is 1.74. The number of nitro benzene ring substituents is 1. The summed E-state index contributed by atoms with van der Waals surface area (Å²) in [6, 6.07) is 5.76. The summed E-state index contributed by atoms with van der Waals surface area (Å²) in [7, 11) is 0. The fourth-order valence-corrected chi connectivity index (χ4v) is 1.74. The molecule has 106 valence electrons. The van der Waals surface area contributed by atoms with Crippen LogP contribution in [0.3, 0.4) is 0 Å². The monoisotopic (exact) mass is 276 g/mol. The van der Waals surface area contributed by atoms with Gasteiger partial charge in [-0.15, -0.1) is 0 Å². The lowest BCUT2D eigenvalue weighted by Gasteiger charge is -2.12. The van der Waals surface area contributed by atoms with Crippen LogP contribution in [0, 0.1) is 16.0 Å². The SMILES string of the molecule is CCC(C)C(N)c1nc(-c2cccc([N+](=O)[O-])c2)no1. The van der Waals surface area contributed by atoms with Crippen molar-refractivity contribution in [3.63, 3.8) is 0 Å². The number of benzene rings is 1. The summed E-state index contributed by atoms with van der Waals surface area (Å²) in [6.45, 7) is 4.03. The average Bonchev–Trinajstić information content (AvgIpc) is 2.95. The molecule has 0 aliphatic rings. The van der Waals surface area contributed by atoms with E-state index in [-0.39, 0.29) is 17.6 Å². The van der Waals surface area contributed by atoms with Crippen molar-refractivity contribution in [2.45, 2.75) is 26.3 Å². The highest BCUT2D eigenvalue weighted by molar-refractivity contribution is 5.58. The predicted octanol–water partition coefficient (Wildman–Crippen LogP) is 2.69. The highest BCUT2D eigenvalue weighted by Crippen LogP contribution is 2.25. The fraction of sp³-hybridized carbons (Fsp3) is 0.385. The van der Waals surface area contributed by atoms with E-state index in [2.05, 4.69) is 10.1 Å². The Hall–Kier alpha value is -2.28. The molecule has 2 N–H and O–H groups in total. The zero-order valence-electron chi connectivity index (χ0n) is 11.3. The predicted molar refractivity (Wildman–Crippen MR) is 72.8 cm³/mol. The Morgan fingerprint density at radius 2 is 2.25 bits per heavy atom. The summed E-state index contributed by atoms with van der Waals surface area (Å²) in [5.74, 6) is 0.872. The molecule has 0 aliphatic carbocycles. The van der Waals surface area contributed by atoms with Crippen LogP contribution in [0.15, 0.2) is 28.8 Å². The van der Waals surface area contributed by atoms with Gasteiger partial charge in [0.05, 0.1) is 11.0 Å². The van der Waals surface area contributed by atoms with E-state index in [9.17, 15) is 10.1 Å². The van der Waals surface area contributed by atoms with Gasteiger partial charge >= 0.3 is 0 Å². The molecule has 0 radical (unpaired) electrons. The first-order chi connectivity index (χ1) is 9.52. The zero-order valence-corrected chi connectivity index (χ0v) is 11.3. The molecular weight excluding hydrogens is 260 g/mol. The lowest BCUT2D eigenvalue weighted by molar-refractivity contribution is -0.384. The van der Waals surface area contributed by atoms with Gasteiger partial charge in [0.25, 0.3) is 5.69 Å². The van der Waals surface area contributed by atoms with Gasteiger partial charge < -0.3 is 10.3 Å². The summed E-state index contributed by atoms with van der Waals surface area (Å²) in [6.07, 6.45) is 0.899. The quantitative estimate of drug-likeness (QED) is 0.664. The van der Waals surface area contributed by atoms with E-state index in [1.54, 1.807) is 12.1 Å². The third-order valence-electron chi connectivity index (χ3n) is 3.30. The van der Waals surface area contributed by atoms with Gasteiger partial charge in [-0.25, -0.2) is 0 Å². The van der Waals surface area contributed by atoms with Crippen molar-refractivity contribution >= 4 is 5.69 Å². The minimum Gasteiger partial charge on any atom is -0.337 e. The summed E-state index contributed by atoms with van der Waals surface area (Å²) >= 11 is 0. The molecule has 20 heavy (non-hydrogen) atoms. The molecule has 7 heteroatoms. The third-order valence-corrected chi connectivity index (χ3v) is 3.30. The van der Waals surface area contributed by atoms with Crippen molar-refractivity contribution in [2.75, 3.05) is 0 Å². The Balaban J connectivity index is 2.29. The molecule has 0 saturated heterocycles. The maximum absolute atomic E-state index is 10.7. The molecular formula is C13H16N4O3. The van der Waals surface area contributed by atoms with Crippen molar-refractivity contribution in [3.8, 4) is 11.4 Å². The summed E-state index contributed by atoms with van der Waals surface area (Å²) in [5, 5.41) is 14.6. The molecule has 2 rings (SSSR count). The first-order valence-electron chi connectivity index (χ1n) is 6.37. The number of aromatic nitrogens is 2. The average molecular weight is 276 g/mol. The molecule has 2 aromatic rings. The number of rotatable bonds is 5. The number of hydrogen-bond acceptors (Lipinski definition) is 6. The van der Waals surface area contributed by atoms with E-state index in [0.717, 1.165) is 6.42 Å². The molecule has 1 aromatic heterocycles. The van der Waals surface area contributed by atoms with Crippen molar-refractivity contribution in [2.24, 2.45) is 11.7 Å². The number of nitrogens with zero attached hydrogens (tertiary/aromatic N) is 3. The van der Waals surface area contributed by atoms with Crippen molar-refractivity contribution in [1.29, 1.82) is 0 Å². The Morgan fingerprint density at radius 3 is 2.90 bits per heavy atom. The van der Waals surface area contributed by atoms with E-state index in [4.69, 9.17) is 10.3 Å². The minimum atomic E-state index is -0.463. The second-order valence-corrected chi connectivity index (χ2v) is 4.67. The van der Waals surface area contributed by atoms with Gasteiger partial charge in [-0.3, -0.25) is 10.1 Å². The zero-order chi connectivity index (χ0) is 14.7. The van der Waals surface area contributed by atoms with E-state index >= 15 is 0 Å². The largest absolute Gasteiger partial charge is 0.337 e. The smallest absolute Gasteiger partial charge is 0.270 e. The number of nitro groups is 1. The van der Waals surface area contributed by atoms with E-state index in [1.165, 1.54) is 12.1 Å². The van der Waals surface area contributed by atoms with Crippen molar-refractivity contribution < 1.29 is 9.45 Å². The van der Waals surface area contributed by atoms with Gasteiger partial charge in [0, 0.05) is 17.7 Å². The Kier molecular flexibility index (Phi) is 4.09. The van der Waals surface area contributed by atoms with Gasteiger partial charge in [0.1, 0.15) is 0 Å². The third kappa shape index (κ3) is 2.83. The molecule has 0 aliphatic heterocycles. The van der Waals surface area contributed by atoms with Crippen LogP contribution >= 0.6 is 0 Å². The maximum atomic E-state index is 10.7. The van der Waals surface area contributed by atoms with E-state index < -0.39 is 4.92 Å². The Labute approximate surface area is 115 Å². The number of nitrogens with two attached hydrogens (primary N) is 1. The number of non-ortho nitro benzene ring substituents is 1. The van der Waals surface area contributed by atoms with Crippen molar-refractivity contribution in [1.82, 2.24) is 10.1 Å². The van der Waals surface area contributed by atoms with Gasteiger partial charge in [-0.1, -0.05) is 37.6 Å². The molecule has 7 nitrogen and oxygen atoms in total. The standard InChI is InChI=1S/C13H16N4O3/c1-3-8(2)11(14)13-15-12(16-20-13)9-5-4-6-10(7-9)17(18)19/h4-8,11H,3,14H2,1-2H3. The molecule has 0 amide bonds. The van der Waals surface area contributed by atoms with Gasteiger partial charge in [-0.05, 0) is 5.92 Å². The summed E-state index contributed by atoms with van der Waals surface area (Å²) in [4.78, 5) is 14.5. The molecule has 1 heterocycles. The summed E-state index contributed by atoms with van der Waals surface area (Å²) in [5.41, 5.74) is 6.53. The molecule has 2 unspecified atom stereocenters. The van der Waals surface area contributed by atoms with Crippen LogP contribution in [-0.4, -0.2) is 15.1 Å². The van der Waals surface area contributed by atoms with Crippen LogP contribution in [0.4, 0.5) is 5.69 Å². The normalized spacial score (nSPS) is 13.9. The van der Waals surface area contributed by atoms with Crippen LogP contribution < -0.4 is 5.73 Å². The summed E-state index contributed by atoms with van der Waals surface area (Å²) < 4.78 is 5.15. The molecule has 0 bridgehead atoms. The maximum Gasteiger partial charge on any atom is 0.270 e. The Bertz CT molecular complexity index is 611. The molecule has 2 atom stereocenters. The van der Waals surface area contributed by atoms with Crippen LogP contribution in [0.5, 0.6) is 0 Å². The lowest BCUT2D eigenvalue weighted by atomic mass is 10.0.